The molecule has 29 heavy (non-hydrogen) atoms. The van der Waals surface area contributed by atoms with Crippen LogP contribution in [-0.4, -0.2) is 55.0 Å². The van der Waals surface area contributed by atoms with Crippen molar-refractivity contribution in [3.8, 4) is 11.1 Å². The van der Waals surface area contributed by atoms with Crippen LogP contribution in [0.15, 0.2) is 42.5 Å². The summed E-state index contributed by atoms with van der Waals surface area (Å²) in [5.74, 6) is -0.754. The normalized spacial score (nSPS) is 20.6. The number of carbonyl (C=O) groups excluding carboxylic acids is 3. The van der Waals surface area contributed by atoms with E-state index in [0.29, 0.717) is 22.7 Å². The summed E-state index contributed by atoms with van der Waals surface area (Å²) in [7, 11) is 1.44. The second-order valence-corrected chi connectivity index (χ2v) is 7.60. The zero-order valence-electron chi connectivity index (χ0n) is 15.8. The smallest absolute Gasteiger partial charge is 0.256 e. The van der Waals surface area contributed by atoms with Crippen molar-refractivity contribution in [1.29, 1.82) is 0 Å². The lowest BCUT2D eigenvalue weighted by atomic mass is 10.0. The van der Waals surface area contributed by atoms with Gasteiger partial charge in [-0.1, -0.05) is 29.8 Å². The van der Waals surface area contributed by atoms with E-state index in [2.05, 4.69) is 10.6 Å². The largest absolute Gasteiger partial charge is 0.375 e. The van der Waals surface area contributed by atoms with Gasteiger partial charge in [-0.15, -0.1) is 0 Å². The predicted molar refractivity (Wildman–Crippen MR) is 109 cm³/mol. The van der Waals surface area contributed by atoms with Crippen molar-refractivity contribution in [2.45, 2.75) is 18.5 Å². The number of benzene rings is 2. The van der Waals surface area contributed by atoms with Crippen molar-refractivity contribution in [3.63, 3.8) is 0 Å². The molecule has 0 radical (unpaired) electrons. The first-order chi connectivity index (χ1) is 14.0. The van der Waals surface area contributed by atoms with Gasteiger partial charge in [0.25, 0.3) is 5.91 Å². The van der Waals surface area contributed by atoms with Crippen molar-refractivity contribution in [1.82, 2.24) is 10.2 Å². The fourth-order valence-electron chi connectivity index (χ4n) is 3.84. The number of hydrogen-bond donors (Lipinski definition) is 2. The van der Waals surface area contributed by atoms with Crippen molar-refractivity contribution in [3.05, 3.63) is 53.1 Å². The average molecular weight is 414 g/mol. The molecule has 1 saturated heterocycles. The number of rotatable bonds is 4. The molecule has 0 spiro atoms. The molecule has 2 aliphatic rings. The lowest BCUT2D eigenvalue weighted by Gasteiger charge is -2.20. The molecule has 0 aliphatic carbocycles. The van der Waals surface area contributed by atoms with E-state index in [1.807, 2.05) is 18.2 Å². The number of ether oxygens (including phenoxy) is 1. The minimum Gasteiger partial charge on any atom is -0.375 e. The molecule has 7 nitrogen and oxygen atoms in total. The van der Waals surface area contributed by atoms with Gasteiger partial charge >= 0.3 is 0 Å². The van der Waals surface area contributed by atoms with Crippen molar-refractivity contribution < 1.29 is 19.1 Å². The Morgan fingerprint density at radius 1 is 1.21 bits per heavy atom. The van der Waals surface area contributed by atoms with Gasteiger partial charge in [-0.3, -0.25) is 14.4 Å². The minimum absolute atomic E-state index is 0.0609. The van der Waals surface area contributed by atoms with E-state index in [-0.39, 0.29) is 36.9 Å². The first-order valence-corrected chi connectivity index (χ1v) is 9.64. The summed E-state index contributed by atoms with van der Waals surface area (Å²) < 4.78 is 4.82. The lowest BCUT2D eigenvalue weighted by Crippen LogP contribution is -2.41. The number of halogens is 1. The molecule has 0 saturated carbocycles. The van der Waals surface area contributed by atoms with Crippen LogP contribution < -0.4 is 10.6 Å². The van der Waals surface area contributed by atoms with Crippen LogP contribution in [0, 0.1) is 0 Å². The Labute approximate surface area is 173 Å². The van der Waals surface area contributed by atoms with Gasteiger partial charge in [0.05, 0.1) is 11.3 Å². The molecule has 1 fully saturated rings. The molecule has 2 aromatic rings. The quantitative estimate of drug-likeness (QED) is 0.805. The van der Waals surface area contributed by atoms with Gasteiger partial charge in [-0.25, -0.2) is 0 Å². The first-order valence-electron chi connectivity index (χ1n) is 9.26. The molecule has 0 bridgehead atoms. The number of fused-ring (bicyclic) bond motifs is 2. The van der Waals surface area contributed by atoms with Gasteiger partial charge in [0.2, 0.25) is 11.8 Å². The number of carbonyl (C=O) groups is 3. The molecule has 2 atom stereocenters. The monoisotopic (exact) mass is 413 g/mol. The summed E-state index contributed by atoms with van der Waals surface area (Å²) >= 11 is 5.96. The van der Waals surface area contributed by atoms with Crippen LogP contribution in [-0.2, 0) is 14.3 Å². The standard InChI is InChI=1S/C21H20ClN3O4/c1-29-11-19(26)23-15-9-18-20(27)24-17-7-4-13(12-2-5-14(22)6-3-12)8-16(17)21(28)25(18)10-15/h2-8,15,18H,9-11H2,1H3,(H,23,26)(H,24,27)/t15-,18-/m0/s1. The highest BCUT2D eigenvalue weighted by Gasteiger charge is 2.43. The van der Waals surface area contributed by atoms with Crippen LogP contribution in [0.4, 0.5) is 5.69 Å². The lowest BCUT2D eigenvalue weighted by molar-refractivity contribution is -0.125. The van der Waals surface area contributed by atoms with Crippen molar-refractivity contribution in [2.24, 2.45) is 0 Å². The molecule has 2 aromatic carbocycles. The Hall–Kier alpha value is -2.90. The second kappa shape index (κ2) is 7.85. The van der Waals surface area contributed by atoms with E-state index in [1.54, 1.807) is 24.3 Å². The van der Waals surface area contributed by atoms with Gasteiger partial charge in [0.15, 0.2) is 0 Å². The summed E-state index contributed by atoms with van der Waals surface area (Å²) in [6.07, 6.45) is 0.366. The number of nitrogens with one attached hydrogen (secondary N) is 2. The van der Waals surface area contributed by atoms with E-state index in [9.17, 15) is 14.4 Å². The third-order valence-electron chi connectivity index (χ3n) is 5.19. The first kappa shape index (κ1) is 19.4. The molecule has 8 heteroatoms. The van der Waals surface area contributed by atoms with E-state index < -0.39 is 6.04 Å². The summed E-state index contributed by atoms with van der Waals surface area (Å²) in [5, 5.41) is 6.30. The molecule has 4 rings (SSSR count). The highest BCUT2D eigenvalue weighted by Crippen LogP contribution is 2.32. The number of nitrogens with zero attached hydrogens (tertiary/aromatic N) is 1. The van der Waals surface area contributed by atoms with Gasteiger partial charge in [-0.05, 0) is 41.8 Å². The van der Waals surface area contributed by atoms with Crippen molar-refractivity contribution >= 4 is 35.0 Å². The average Bonchev–Trinajstić information content (AvgIpc) is 3.08. The van der Waals surface area contributed by atoms with E-state index in [4.69, 9.17) is 16.3 Å². The Kier molecular flexibility index (Phi) is 5.25. The molecule has 0 unspecified atom stereocenters. The SMILES string of the molecule is COCC(=O)N[C@H]1C[C@H]2C(=O)Nc3ccc(-c4ccc(Cl)cc4)cc3C(=O)N2C1. The maximum atomic E-state index is 13.2. The minimum atomic E-state index is -0.623. The van der Waals surface area contributed by atoms with Crippen molar-refractivity contribution in [2.75, 3.05) is 25.6 Å². The topological polar surface area (TPSA) is 87.7 Å². The zero-order chi connectivity index (χ0) is 20.5. The van der Waals surface area contributed by atoms with Crippen LogP contribution in [0.25, 0.3) is 11.1 Å². The Balaban J connectivity index is 1.62. The maximum Gasteiger partial charge on any atom is 0.256 e. The highest BCUT2D eigenvalue weighted by atomic mass is 35.5. The predicted octanol–water partition coefficient (Wildman–Crippen LogP) is 2.30. The Bertz CT molecular complexity index is 976. The zero-order valence-corrected chi connectivity index (χ0v) is 16.5. The fourth-order valence-corrected chi connectivity index (χ4v) is 3.96. The fraction of sp³-hybridized carbons (Fsp3) is 0.286. The summed E-state index contributed by atoms with van der Waals surface area (Å²) in [6.45, 7) is 0.214. The van der Waals surface area contributed by atoms with Crippen LogP contribution in [0.3, 0.4) is 0 Å². The maximum absolute atomic E-state index is 13.2. The van der Waals surface area contributed by atoms with Crippen LogP contribution >= 0.6 is 11.6 Å². The molecule has 0 aromatic heterocycles. The van der Waals surface area contributed by atoms with Crippen LogP contribution in [0.5, 0.6) is 0 Å². The second-order valence-electron chi connectivity index (χ2n) is 7.16. The molecule has 150 valence electrons. The molecule has 2 heterocycles. The third-order valence-corrected chi connectivity index (χ3v) is 5.44. The number of amides is 3. The Morgan fingerprint density at radius 2 is 1.93 bits per heavy atom. The number of anilines is 1. The Morgan fingerprint density at radius 3 is 2.66 bits per heavy atom. The van der Waals surface area contributed by atoms with Gasteiger partial charge in [0.1, 0.15) is 12.6 Å². The van der Waals surface area contributed by atoms with E-state index in [0.717, 1.165) is 11.1 Å². The van der Waals surface area contributed by atoms with Crippen LogP contribution in [0.2, 0.25) is 5.02 Å². The molecular formula is C21H20ClN3O4. The number of hydrogen-bond acceptors (Lipinski definition) is 4. The van der Waals surface area contributed by atoms with E-state index in [1.165, 1.54) is 12.0 Å². The summed E-state index contributed by atoms with van der Waals surface area (Å²) in [5.41, 5.74) is 2.69. The highest BCUT2D eigenvalue weighted by molar-refractivity contribution is 6.30. The van der Waals surface area contributed by atoms with Gasteiger partial charge in [0, 0.05) is 24.7 Å². The third kappa shape index (κ3) is 3.83. The molecule has 2 aliphatic heterocycles. The van der Waals surface area contributed by atoms with Gasteiger partial charge in [-0.2, -0.15) is 0 Å². The summed E-state index contributed by atoms with van der Waals surface area (Å²) in [6, 6.07) is 11.8. The number of methoxy groups -OCH3 is 1. The molecule has 3 amide bonds. The van der Waals surface area contributed by atoms with Gasteiger partial charge < -0.3 is 20.3 Å². The molecular weight excluding hydrogens is 394 g/mol. The summed E-state index contributed by atoms with van der Waals surface area (Å²) in [4.78, 5) is 39.3. The van der Waals surface area contributed by atoms with Crippen LogP contribution in [0.1, 0.15) is 16.8 Å². The molecule has 2 N–H and O–H groups in total. The van der Waals surface area contributed by atoms with E-state index >= 15 is 0 Å².